The van der Waals surface area contributed by atoms with E-state index >= 15 is 0 Å². The summed E-state index contributed by atoms with van der Waals surface area (Å²) in [4.78, 5) is 0. The van der Waals surface area contributed by atoms with Gasteiger partial charge in [-0.2, -0.15) is 0 Å². The van der Waals surface area contributed by atoms with Crippen molar-refractivity contribution in [2.75, 3.05) is 20.2 Å². The van der Waals surface area contributed by atoms with Crippen LogP contribution in [0.15, 0.2) is 0 Å². The first-order valence-corrected chi connectivity index (χ1v) is 2.57. The van der Waals surface area contributed by atoms with Gasteiger partial charge in [0.1, 0.15) is 0 Å². The van der Waals surface area contributed by atoms with E-state index in [4.69, 9.17) is 5.11 Å². The maximum absolute atomic E-state index is 7.00. The third-order valence-corrected chi connectivity index (χ3v) is 0.500. The van der Waals surface area contributed by atoms with Crippen molar-refractivity contribution in [3.05, 3.63) is 0 Å². The standard InChI is InChI=1S/C4H11N.CH4O.Al.3H/c1-3-5-4-2;1-2;;;;/h5H,3-4H2,1-2H3;2H,1H3;;;;. The molecule has 0 amide bonds. The average Bonchev–Trinajstić information content (AvgIpc) is 1.75. The van der Waals surface area contributed by atoms with Crippen LogP contribution in [0.1, 0.15) is 13.8 Å². The van der Waals surface area contributed by atoms with Gasteiger partial charge in [-0.15, -0.1) is 0 Å². The number of hydrogen-bond acceptors (Lipinski definition) is 2. The Balaban J connectivity index is -0.0000000750. The first-order valence-electron chi connectivity index (χ1n) is 2.57. The topological polar surface area (TPSA) is 32.3 Å². The molecule has 0 aromatic heterocycles. The van der Waals surface area contributed by atoms with Crippen molar-refractivity contribution in [1.82, 2.24) is 5.32 Å². The maximum atomic E-state index is 7.00. The molecule has 0 rings (SSSR count). The third kappa shape index (κ3) is 31.9. The van der Waals surface area contributed by atoms with Gasteiger partial charge >= 0.3 is 0 Å². The molecule has 52 valence electrons. The minimum absolute atomic E-state index is 0. The molecule has 0 aliphatic rings. The molecule has 0 unspecified atom stereocenters. The van der Waals surface area contributed by atoms with E-state index in [9.17, 15) is 0 Å². The van der Waals surface area contributed by atoms with Crippen LogP contribution in [0.25, 0.3) is 0 Å². The van der Waals surface area contributed by atoms with Crippen LogP contribution in [0.5, 0.6) is 0 Å². The number of hydrogen-bond donors (Lipinski definition) is 2. The Bertz CT molecular complexity index is 19.9. The van der Waals surface area contributed by atoms with Gasteiger partial charge in [0, 0.05) is 7.11 Å². The van der Waals surface area contributed by atoms with Gasteiger partial charge in [0.2, 0.25) is 0 Å². The van der Waals surface area contributed by atoms with E-state index in [2.05, 4.69) is 19.2 Å². The van der Waals surface area contributed by atoms with Crippen LogP contribution in [0, 0.1) is 0 Å². The van der Waals surface area contributed by atoms with Gasteiger partial charge in [-0.3, -0.25) is 0 Å². The molecule has 2 nitrogen and oxygen atoms in total. The number of nitrogens with one attached hydrogen (secondary N) is 1. The Hall–Kier alpha value is 0.452. The highest BCUT2D eigenvalue weighted by Gasteiger charge is 1.62. The lowest BCUT2D eigenvalue weighted by atomic mass is 10.7. The van der Waals surface area contributed by atoms with Crippen molar-refractivity contribution in [1.29, 1.82) is 0 Å². The number of aliphatic hydroxyl groups is 1. The Morgan fingerprint density at radius 2 is 1.38 bits per heavy atom. The molecule has 0 aliphatic carbocycles. The van der Waals surface area contributed by atoms with E-state index in [1.807, 2.05) is 0 Å². The van der Waals surface area contributed by atoms with Crippen LogP contribution >= 0.6 is 0 Å². The van der Waals surface area contributed by atoms with Gasteiger partial charge in [-0.25, -0.2) is 0 Å². The minimum Gasteiger partial charge on any atom is -0.400 e. The van der Waals surface area contributed by atoms with E-state index in [1.54, 1.807) is 0 Å². The monoisotopic (exact) mass is 135 g/mol. The van der Waals surface area contributed by atoms with Crippen molar-refractivity contribution in [2.24, 2.45) is 0 Å². The summed E-state index contributed by atoms with van der Waals surface area (Å²) < 4.78 is 0. The second-order valence-electron chi connectivity index (χ2n) is 0.957. The zero-order valence-electron chi connectivity index (χ0n) is 5.36. The summed E-state index contributed by atoms with van der Waals surface area (Å²) in [5.74, 6) is 0. The largest absolute Gasteiger partial charge is 0.400 e. The number of aliphatic hydroxyl groups excluding tert-OH is 1. The molecule has 0 aromatic carbocycles. The molecule has 3 heteroatoms. The number of rotatable bonds is 2. The van der Waals surface area contributed by atoms with Gasteiger partial charge in [-0.1, -0.05) is 13.8 Å². The van der Waals surface area contributed by atoms with Crippen LogP contribution in [-0.2, 0) is 0 Å². The third-order valence-electron chi connectivity index (χ3n) is 0.500. The fourth-order valence-corrected chi connectivity index (χ4v) is 0.250. The quantitative estimate of drug-likeness (QED) is 0.478. The Morgan fingerprint density at radius 1 is 1.12 bits per heavy atom. The molecule has 0 aliphatic heterocycles. The normalized spacial score (nSPS) is 6.00. The molecule has 0 fully saturated rings. The zero-order valence-corrected chi connectivity index (χ0v) is 5.36. The van der Waals surface area contributed by atoms with E-state index in [-0.39, 0.29) is 17.4 Å². The highest BCUT2D eigenvalue weighted by molar-refractivity contribution is 5.75. The van der Waals surface area contributed by atoms with Gasteiger partial charge in [0.25, 0.3) is 0 Å². The minimum atomic E-state index is 0. The van der Waals surface area contributed by atoms with Gasteiger partial charge < -0.3 is 10.4 Å². The molecule has 0 saturated carbocycles. The van der Waals surface area contributed by atoms with Crippen LogP contribution < -0.4 is 5.32 Å². The smallest absolute Gasteiger partial charge is 0.187 e. The highest BCUT2D eigenvalue weighted by atomic mass is 27.0. The second-order valence-corrected chi connectivity index (χ2v) is 0.957. The average molecular weight is 135 g/mol. The van der Waals surface area contributed by atoms with E-state index in [0.29, 0.717) is 0 Å². The zero-order chi connectivity index (χ0) is 6.12. The van der Waals surface area contributed by atoms with Crippen molar-refractivity contribution >= 4 is 17.4 Å². The summed E-state index contributed by atoms with van der Waals surface area (Å²) in [5, 5.41) is 10.1. The van der Waals surface area contributed by atoms with Crippen LogP contribution in [0.3, 0.4) is 0 Å². The van der Waals surface area contributed by atoms with Gasteiger partial charge in [0.05, 0.1) is 0 Å². The van der Waals surface area contributed by atoms with Crippen LogP contribution in [0.4, 0.5) is 0 Å². The molecule has 0 bridgehead atoms. The molecule has 0 atom stereocenters. The molecule has 0 spiro atoms. The van der Waals surface area contributed by atoms with Crippen molar-refractivity contribution in [3.8, 4) is 0 Å². The Labute approximate surface area is 62.4 Å². The second kappa shape index (κ2) is 26.0. The molecule has 2 N–H and O–H groups in total. The highest BCUT2D eigenvalue weighted by Crippen LogP contribution is 1.47. The van der Waals surface area contributed by atoms with E-state index in [0.717, 1.165) is 20.2 Å². The lowest BCUT2D eigenvalue weighted by Gasteiger charge is -1.86. The molecule has 8 heavy (non-hydrogen) atoms. The molecular weight excluding hydrogens is 117 g/mol. The summed E-state index contributed by atoms with van der Waals surface area (Å²) in [6.07, 6.45) is 0. The lowest BCUT2D eigenvalue weighted by molar-refractivity contribution is 0.399. The molecule has 0 heterocycles. The first kappa shape index (κ1) is 15.8. The predicted molar refractivity (Wildman–Crippen MR) is 42.3 cm³/mol. The summed E-state index contributed by atoms with van der Waals surface area (Å²) in [6.45, 7) is 6.39. The van der Waals surface area contributed by atoms with E-state index in [1.165, 1.54) is 0 Å². The maximum Gasteiger partial charge on any atom is 0.187 e. The van der Waals surface area contributed by atoms with Crippen LogP contribution in [-0.4, -0.2) is 42.7 Å². The summed E-state index contributed by atoms with van der Waals surface area (Å²) in [6, 6.07) is 0. The Morgan fingerprint density at radius 3 is 1.38 bits per heavy atom. The molecule has 0 aromatic rings. The van der Waals surface area contributed by atoms with Gasteiger partial charge in [0.15, 0.2) is 17.4 Å². The summed E-state index contributed by atoms with van der Waals surface area (Å²) >= 11 is 0. The summed E-state index contributed by atoms with van der Waals surface area (Å²) in [5.41, 5.74) is 0. The SMILES string of the molecule is CCNCC.CO.[AlH3]. The fourth-order valence-electron chi connectivity index (χ4n) is 0.250. The first-order chi connectivity index (χ1) is 3.41. The fraction of sp³-hybridized carbons (Fsp3) is 1.00. The predicted octanol–water partition coefficient (Wildman–Crippen LogP) is -0.960. The van der Waals surface area contributed by atoms with Crippen molar-refractivity contribution < 1.29 is 5.11 Å². The van der Waals surface area contributed by atoms with Crippen molar-refractivity contribution in [3.63, 3.8) is 0 Å². The van der Waals surface area contributed by atoms with E-state index < -0.39 is 0 Å². The molecule has 0 saturated heterocycles. The van der Waals surface area contributed by atoms with Gasteiger partial charge in [-0.05, 0) is 13.1 Å². The summed E-state index contributed by atoms with van der Waals surface area (Å²) in [7, 11) is 1.00. The van der Waals surface area contributed by atoms with Crippen molar-refractivity contribution in [2.45, 2.75) is 13.8 Å². The lowest BCUT2D eigenvalue weighted by Crippen LogP contribution is -2.09. The molecule has 0 radical (unpaired) electrons. The van der Waals surface area contributed by atoms with Crippen LogP contribution in [0.2, 0.25) is 0 Å². The Kier molecular flexibility index (Phi) is 51.4. The molecular formula is C5H18AlNO.